The van der Waals surface area contributed by atoms with Crippen molar-refractivity contribution < 1.29 is 9.52 Å². The molecule has 0 aliphatic carbocycles. The summed E-state index contributed by atoms with van der Waals surface area (Å²) < 4.78 is 5.80. The minimum atomic E-state index is -0.451. The lowest BCUT2D eigenvalue weighted by Crippen LogP contribution is -2.38. The molecule has 2 aromatic rings. The Kier molecular flexibility index (Phi) is 4.68. The Labute approximate surface area is 130 Å². The second-order valence-corrected chi connectivity index (χ2v) is 6.61. The molecule has 0 spiro atoms. The van der Waals surface area contributed by atoms with Crippen LogP contribution in [0.25, 0.3) is 0 Å². The minimum Gasteiger partial charge on any atom is -0.465 e. The monoisotopic (exact) mass is 303 g/mol. The molecule has 21 heavy (non-hydrogen) atoms. The number of hydrogen-bond acceptors (Lipinski definition) is 4. The van der Waals surface area contributed by atoms with Crippen molar-refractivity contribution in [1.29, 1.82) is 0 Å². The Bertz CT molecular complexity index is 569. The molecule has 1 aromatic carbocycles. The molecule has 2 atom stereocenters. The molecule has 2 unspecified atom stereocenters. The van der Waals surface area contributed by atoms with E-state index in [4.69, 9.17) is 4.42 Å². The predicted molar refractivity (Wildman–Crippen MR) is 86.5 cm³/mol. The maximum atomic E-state index is 10.5. The van der Waals surface area contributed by atoms with Crippen LogP contribution in [0.3, 0.4) is 0 Å². The van der Waals surface area contributed by atoms with Gasteiger partial charge in [0.25, 0.3) is 0 Å². The molecule has 1 saturated heterocycles. The molecule has 0 amide bonds. The molecular formula is C17H21NO2S. The highest BCUT2D eigenvalue weighted by molar-refractivity contribution is 7.99. The quantitative estimate of drug-likeness (QED) is 0.939. The summed E-state index contributed by atoms with van der Waals surface area (Å²) in [6.45, 7) is 3.61. The number of furan rings is 1. The summed E-state index contributed by atoms with van der Waals surface area (Å²) >= 11 is 1.95. The van der Waals surface area contributed by atoms with Crippen molar-refractivity contribution in [3.63, 3.8) is 0 Å². The lowest BCUT2D eigenvalue weighted by Gasteiger charge is -2.35. The van der Waals surface area contributed by atoms with E-state index in [1.54, 1.807) is 0 Å². The van der Waals surface area contributed by atoms with E-state index in [1.165, 1.54) is 0 Å². The minimum absolute atomic E-state index is 0.260. The van der Waals surface area contributed by atoms with Crippen LogP contribution < -0.4 is 0 Å². The number of aryl methyl sites for hydroxylation is 1. The van der Waals surface area contributed by atoms with Crippen molar-refractivity contribution in [2.75, 3.05) is 24.6 Å². The van der Waals surface area contributed by atoms with Gasteiger partial charge < -0.3 is 9.52 Å². The Balaban J connectivity index is 1.72. The largest absolute Gasteiger partial charge is 0.465 e. The molecule has 0 saturated carbocycles. The molecule has 1 aliphatic heterocycles. The van der Waals surface area contributed by atoms with Crippen LogP contribution in [0, 0.1) is 6.92 Å². The lowest BCUT2D eigenvalue weighted by atomic mass is 10.1. The average molecular weight is 303 g/mol. The Morgan fingerprint density at radius 1 is 1.29 bits per heavy atom. The van der Waals surface area contributed by atoms with Gasteiger partial charge in [0.2, 0.25) is 0 Å². The van der Waals surface area contributed by atoms with Gasteiger partial charge in [0, 0.05) is 24.6 Å². The summed E-state index contributed by atoms with van der Waals surface area (Å²) in [6, 6.07) is 14.2. The van der Waals surface area contributed by atoms with Gasteiger partial charge in [-0.1, -0.05) is 30.3 Å². The van der Waals surface area contributed by atoms with E-state index in [0.717, 1.165) is 35.1 Å². The van der Waals surface area contributed by atoms with Gasteiger partial charge in [-0.2, -0.15) is 11.8 Å². The molecule has 0 bridgehead atoms. The fourth-order valence-electron chi connectivity index (χ4n) is 2.75. The zero-order valence-corrected chi connectivity index (χ0v) is 13.1. The first-order valence-electron chi connectivity index (χ1n) is 7.35. The Morgan fingerprint density at radius 2 is 2.10 bits per heavy atom. The zero-order valence-electron chi connectivity index (χ0n) is 12.2. The first kappa shape index (κ1) is 14.7. The van der Waals surface area contributed by atoms with Crippen molar-refractivity contribution in [3.8, 4) is 0 Å². The topological polar surface area (TPSA) is 36.6 Å². The summed E-state index contributed by atoms with van der Waals surface area (Å²) in [5.41, 5.74) is 0.977. The third-order valence-corrected chi connectivity index (χ3v) is 4.94. The number of hydrogen-bond donors (Lipinski definition) is 1. The summed E-state index contributed by atoms with van der Waals surface area (Å²) in [4.78, 5) is 2.34. The van der Waals surface area contributed by atoms with Crippen molar-refractivity contribution in [2.24, 2.45) is 0 Å². The van der Waals surface area contributed by atoms with Gasteiger partial charge in [-0.3, -0.25) is 4.90 Å². The van der Waals surface area contributed by atoms with Crippen LogP contribution in [-0.4, -0.2) is 34.6 Å². The maximum absolute atomic E-state index is 10.5. The second kappa shape index (κ2) is 6.69. The Morgan fingerprint density at radius 3 is 2.81 bits per heavy atom. The highest BCUT2D eigenvalue weighted by Crippen LogP contribution is 2.32. The second-order valence-electron chi connectivity index (χ2n) is 5.46. The summed E-state index contributed by atoms with van der Waals surface area (Å²) in [7, 11) is 0. The van der Waals surface area contributed by atoms with E-state index in [-0.39, 0.29) is 6.04 Å². The molecule has 112 valence electrons. The number of rotatable bonds is 4. The predicted octanol–water partition coefficient (Wildman–Crippen LogP) is 3.41. The lowest BCUT2D eigenvalue weighted by molar-refractivity contribution is 0.0877. The number of aliphatic hydroxyl groups is 1. The van der Waals surface area contributed by atoms with Gasteiger partial charge in [0.1, 0.15) is 11.5 Å². The van der Waals surface area contributed by atoms with Crippen molar-refractivity contribution in [2.45, 2.75) is 19.1 Å². The van der Waals surface area contributed by atoms with E-state index in [0.29, 0.717) is 6.54 Å². The number of benzene rings is 1. The molecule has 1 N–H and O–H groups in total. The van der Waals surface area contributed by atoms with E-state index < -0.39 is 6.10 Å². The van der Waals surface area contributed by atoms with Gasteiger partial charge >= 0.3 is 0 Å². The smallest absolute Gasteiger partial charge is 0.122 e. The molecule has 1 aliphatic rings. The number of aliphatic hydroxyl groups excluding tert-OH is 1. The van der Waals surface area contributed by atoms with Gasteiger partial charge in [-0.15, -0.1) is 0 Å². The number of nitrogens with zero attached hydrogens (tertiary/aromatic N) is 1. The normalized spacial score (nSPS) is 21.3. The van der Waals surface area contributed by atoms with Crippen LogP contribution in [0.1, 0.15) is 29.2 Å². The highest BCUT2D eigenvalue weighted by Gasteiger charge is 2.28. The van der Waals surface area contributed by atoms with Gasteiger partial charge in [0.05, 0.1) is 12.1 Å². The maximum Gasteiger partial charge on any atom is 0.122 e. The molecule has 0 radical (unpaired) electrons. The molecule has 1 fully saturated rings. The first-order chi connectivity index (χ1) is 10.2. The van der Waals surface area contributed by atoms with E-state index in [9.17, 15) is 5.11 Å². The van der Waals surface area contributed by atoms with Crippen molar-refractivity contribution in [1.82, 2.24) is 4.90 Å². The molecule has 3 rings (SSSR count). The molecule has 4 heteroatoms. The van der Waals surface area contributed by atoms with E-state index in [2.05, 4.69) is 11.0 Å². The SMILES string of the molecule is Cc1ccc(C2CSCCN2CC(O)c2ccccc2)o1. The van der Waals surface area contributed by atoms with Crippen LogP contribution >= 0.6 is 11.8 Å². The fraction of sp³-hybridized carbons (Fsp3) is 0.412. The molecular weight excluding hydrogens is 282 g/mol. The summed E-state index contributed by atoms with van der Waals surface area (Å²) in [5.74, 6) is 4.09. The van der Waals surface area contributed by atoms with Crippen molar-refractivity contribution in [3.05, 3.63) is 59.5 Å². The number of thioether (sulfide) groups is 1. The molecule has 2 heterocycles. The third kappa shape index (κ3) is 3.51. The van der Waals surface area contributed by atoms with Crippen LogP contribution in [-0.2, 0) is 0 Å². The van der Waals surface area contributed by atoms with Crippen LogP contribution in [0.4, 0.5) is 0 Å². The summed E-state index contributed by atoms with van der Waals surface area (Å²) in [6.07, 6.45) is -0.451. The fourth-order valence-corrected chi connectivity index (χ4v) is 3.88. The van der Waals surface area contributed by atoms with Crippen LogP contribution in [0.2, 0.25) is 0 Å². The van der Waals surface area contributed by atoms with Gasteiger partial charge in [-0.25, -0.2) is 0 Å². The van der Waals surface area contributed by atoms with Crippen LogP contribution in [0.15, 0.2) is 46.9 Å². The standard InChI is InChI=1S/C17H21NO2S/c1-13-7-8-17(20-13)15-12-21-10-9-18(15)11-16(19)14-5-3-2-4-6-14/h2-8,15-16,19H,9-12H2,1H3. The van der Waals surface area contributed by atoms with Gasteiger partial charge in [0.15, 0.2) is 0 Å². The average Bonchev–Trinajstić information content (AvgIpc) is 2.95. The molecule has 3 nitrogen and oxygen atoms in total. The third-order valence-electron chi connectivity index (χ3n) is 3.92. The zero-order chi connectivity index (χ0) is 14.7. The van der Waals surface area contributed by atoms with Crippen molar-refractivity contribution >= 4 is 11.8 Å². The van der Waals surface area contributed by atoms with E-state index >= 15 is 0 Å². The van der Waals surface area contributed by atoms with E-state index in [1.807, 2.05) is 55.1 Å². The first-order valence-corrected chi connectivity index (χ1v) is 8.50. The van der Waals surface area contributed by atoms with Gasteiger partial charge in [-0.05, 0) is 24.6 Å². The summed E-state index contributed by atoms with van der Waals surface area (Å²) in [5, 5.41) is 10.5. The number of β-amino-alcohol motifs (C(OH)–C–C–N with tert-alkyl or cyclic N) is 1. The highest BCUT2D eigenvalue weighted by atomic mass is 32.2. The van der Waals surface area contributed by atoms with Crippen LogP contribution in [0.5, 0.6) is 0 Å². The Hall–Kier alpha value is -1.23. The molecule has 1 aromatic heterocycles.